The number of hydroxylamine groups is 2. The Bertz CT molecular complexity index is 946. The fourth-order valence-corrected chi connectivity index (χ4v) is 3.14. The fourth-order valence-electron chi connectivity index (χ4n) is 3.14. The average Bonchev–Trinajstić information content (AvgIpc) is 2.83. The zero-order chi connectivity index (χ0) is 20.8. The van der Waals surface area contributed by atoms with Crippen LogP contribution >= 0.6 is 0 Å². The van der Waals surface area contributed by atoms with E-state index in [1.165, 1.54) is 5.06 Å². The lowest BCUT2D eigenvalue weighted by Crippen LogP contribution is -2.47. The van der Waals surface area contributed by atoms with Crippen LogP contribution < -0.4 is 9.47 Å². The molecule has 1 saturated heterocycles. The van der Waals surface area contributed by atoms with Crippen LogP contribution in [0.5, 0.6) is 11.5 Å². The summed E-state index contributed by atoms with van der Waals surface area (Å²) >= 11 is 0. The molecule has 3 aromatic carbocycles. The molecular weight excluding hydrogens is 382 g/mol. The highest BCUT2D eigenvalue weighted by Crippen LogP contribution is 2.29. The molecule has 0 aromatic heterocycles. The third kappa shape index (κ3) is 4.79. The van der Waals surface area contributed by atoms with E-state index in [9.17, 15) is 4.79 Å². The number of rotatable bonds is 6. The standard InChI is InChI=1S/C24H23NO5/c1-27-20-14-12-19(13-15-20)24-29-22(17-28-21-10-6-3-7-11-21)16-25(30-24)23(26)18-8-4-2-5-9-18/h2-15,22,24H,16-17H2,1H3. The van der Waals surface area contributed by atoms with Crippen molar-refractivity contribution in [2.24, 2.45) is 0 Å². The van der Waals surface area contributed by atoms with Gasteiger partial charge in [-0.05, 0) is 36.4 Å². The first-order valence-corrected chi connectivity index (χ1v) is 9.74. The number of hydrogen-bond donors (Lipinski definition) is 0. The summed E-state index contributed by atoms with van der Waals surface area (Å²) in [6.07, 6.45) is -1.10. The summed E-state index contributed by atoms with van der Waals surface area (Å²) in [6, 6.07) is 25.9. The molecule has 2 atom stereocenters. The second-order valence-electron chi connectivity index (χ2n) is 6.82. The summed E-state index contributed by atoms with van der Waals surface area (Å²) in [5.74, 6) is 1.26. The van der Waals surface area contributed by atoms with Crippen molar-refractivity contribution in [3.05, 3.63) is 96.1 Å². The predicted octanol–water partition coefficient (Wildman–Crippen LogP) is 4.25. The first-order valence-electron chi connectivity index (χ1n) is 9.74. The van der Waals surface area contributed by atoms with Crippen LogP contribution in [0.1, 0.15) is 22.2 Å². The molecule has 154 valence electrons. The van der Waals surface area contributed by atoms with Gasteiger partial charge >= 0.3 is 0 Å². The molecule has 1 heterocycles. The van der Waals surface area contributed by atoms with Gasteiger partial charge in [-0.3, -0.25) is 4.79 Å². The van der Waals surface area contributed by atoms with Gasteiger partial charge in [0.15, 0.2) is 0 Å². The lowest BCUT2D eigenvalue weighted by molar-refractivity contribution is -0.325. The Labute approximate surface area is 175 Å². The van der Waals surface area contributed by atoms with Crippen molar-refractivity contribution < 1.29 is 23.8 Å². The largest absolute Gasteiger partial charge is 0.497 e. The van der Waals surface area contributed by atoms with E-state index in [1.54, 1.807) is 19.2 Å². The van der Waals surface area contributed by atoms with Gasteiger partial charge in [-0.1, -0.05) is 48.5 Å². The van der Waals surface area contributed by atoms with Crippen molar-refractivity contribution in [1.29, 1.82) is 0 Å². The van der Waals surface area contributed by atoms with Crippen LogP contribution in [0.3, 0.4) is 0 Å². The van der Waals surface area contributed by atoms with E-state index in [4.69, 9.17) is 19.0 Å². The number of hydrogen-bond acceptors (Lipinski definition) is 5. The van der Waals surface area contributed by atoms with Crippen molar-refractivity contribution >= 4 is 5.91 Å². The number of carbonyl (C=O) groups excluding carboxylic acids is 1. The lowest BCUT2D eigenvalue weighted by atomic mass is 10.2. The van der Waals surface area contributed by atoms with Crippen LogP contribution in [0.4, 0.5) is 0 Å². The van der Waals surface area contributed by atoms with E-state index < -0.39 is 6.29 Å². The zero-order valence-electron chi connectivity index (χ0n) is 16.6. The van der Waals surface area contributed by atoms with Crippen LogP contribution in [-0.4, -0.2) is 37.3 Å². The molecule has 0 N–H and O–H groups in total. The van der Waals surface area contributed by atoms with Gasteiger partial charge in [0.1, 0.15) is 24.2 Å². The molecule has 4 rings (SSSR count). The Morgan fingerprint density at radius 3 is 2.27 bits per heavy atom. The molecule has 6 heteroatoms. The van der Waals surface area contributed by atoms with Gasteiger partial charge in [0.25, 0.3) is 5.91 Å². The molecule has 1 aliphatic heterocycles. The minimum atomic E-state index is -0.735. The van der Waals surface area contributed by atoms with E-state index in [2.05, 4.69) is 0 Å². The SMILES string of the molecule is COc1ccc(C2OC(COc3ccccc3)CN(C(=O)c3ccccc3)O2)cc1. The van der Waals surface area contributed by atoms with Gasteiger partial charge in [-0.2, -0.15) is 0 Å². The van der Waals surface area contributed by atoms with E-state index >= 15 is 0 Å². The first-order chi connectivity index (χ1) is 14.7. The van der Waals surface area contributed by atoms with Crippen molar-refractivity contribution in [2.45, 2.75) is 12.4 Å². The van der Waals surface area contributed by atoms with Crippen molar-refractivity contribution in [2.75, 3.05) is 20.3 Å². The third-order valence-corrected chi connectivity index (χ3v) is 4.72. The molecule has 0 radical (unpaired) electrons. The second kappa shape index (κ2) is 9.43. The molecule has 6 nitrogen and oxygen atoms in total. The molecule has 30 heavy (non-hydrogen) atoms. The topological polar surface area (TPSA) is 57.2 Å². The first kappa shape index (κ1) is 19.9. The molecule has 0 spiro atoms. The van der Waals surface area contributed by atoms with Gasteiger partial charge in [0, 0.05) is 11.1 Å². The molecule has 1 fully saturated rings. The number of nitrogens with zero attached hydrogens (tertiary/aromatic N) is 1. The van der Waals surface area contributed by atoms with Crippen LogP contribution in [-0.2, 0) is 9.57 Å². The number of benzene rings is 3. The molecule has 2 unspecified atom stereocenters. The van der Waals surface area contributed by atoms with Crippen LogP contribution in [0.15, 0.2) is 84.9 Å². The van der Waals surface area contributed by atoms with Crippen molar-refractivity contribution in [3.8, 4) is 11.5 Å². The van der Waals surface area contributed by atoms with Crippen molar-refractivity contribution in [1.82, 2.24) is 5.06 Å². The number of amides is 1. The molecule has 0 bridgehead atoms. The Hall–Kier alpha value is -3.35. The molecule has 1 aliphatic rings. The van der Waals surface area contributed by atoms with Gasteiger partial charge in [-0.25, -0.2) is 9.90 Å². The van der Waals surface area contributed by atoms with Crippen molar-refractivity contribution in [3.63, 3.8) is 0 Å². The van der Waals surface area contributed by atoms with Crippen LogP contribution in [0.25, 0.3) is 0 Å². The summed E-state index contributed by atoms with van der Waals surface area (Å²) in [7, 11) is 1.61. The summed E-state index contributed by atoms with van der Waals surface area (Å²) in [4.78, 5) is 18.9. The Balaban J connectivity index is 1.52. The van der Waals surface area contributed by atoms with E-state index in [-0.39, 0.29) is 18.6 Å². The Kier molecular flexibility index (Phi) is 6.27. The smallest absolute Gasteiger partial charge is 0.277 e. The quantitative estimate of drug-likeness (QED) is 0.614. The Morgan fingerprint density at radius 2 is 1.60 bits per heavy atom. The molecule has 0 saturated carbocycles. The monoisotopic (exact) mass is 405 g/mol. The minimum Gasteiger partial charge on any atom is -0.497 e. The molecular formula is C24H23NO5. The van der Waals surface area contributed by atoms with E-state index in [0.29, 0.717) is 12.2 Å². The number of carbonyl (C=O) groups is 1. The fraction of sp³-hybridized carbons (Fsp3) is 0.208. The van der Waals surface area contributed by atoms with Crippen LogP contribution in [0, 0.1) is 0 Å². The third-order valence-electron chi connectivity index (χ3n) is 4.72. The number of methoxy groups -OCH3 is 1. The molecule has 1 amide bonds. The summed E-state index contributed by atoms with van der Waals surface area (Å²) < 4.78 is 17.2. The summed E-state index contributed by atoms with van der Waals surface area (Å²) in [5.41, 5.74) is 1.33. The maximum Gasteiger partial charge on any atom is 0.277 e. The number of para-hydroxylation sites is 1. The highest BCUT2D eigenvalue weighted by Gasteiger charge is 2.33. The van der Waals surface area contributed by atoms with Gasteiger partial charge < -0.3 is 14.2 Å². The second-order valence-corrected chi connectivity index (χ2v) is 6.82. The maximum atomic E-state index is 13.0. The van der Waals surface area contributed by atoms with Gasteiger partial charge in [-0.15, -0.1) is 0 Å². The summed E-state index contributed by atoms with van der Waals surface area (Å²) in [6.45, 7) is 0.547. The summed E-state index contributed by atoms with van der Waals surface area (Å²) in [5, 5.41) is 1.35. The Morgan fingerprint density at radius 1 is 0.933 bits per heavy atom. The highest BCUT2D eigenvalue weighted by molar-refractivity contribution is 5.93. The average molecular weight is 405 g/mol. The minimum absolute atomic E-state index is 0.220. The van der Waals surface area contributed by atoms with E-state index in [0.717, 1.165) is 17.1 Å². The number of ether oxygens (including phenoxy) is 3. The van der Waals surface area contributed by atoms with Gasteiger partial charge in [0.05, 0.1) is 13.7 Å². The van der Waals surface area contributed by atoms with E-state index in [1.807, 2.05) is 72.8 Å². The van der Waals surface area contributed by atoms with Gasteiger partial charge in [0.2, 0.25) is 6.29 Å². The predicted molar refractivity (Wildman–Crippen MR) is 111 cm³/mol. The highest BCUT2D eigenvalue weighted by atomic mass is 16.8. The normalized spacial score (nSPS) is 18.6. The maximum absolute atomic E-state index is 13.0. The molecule has 0 aliphatic carbocycles. The zero-order valence-corrected chi connectivity index (χ0v) is 16.6. The molecule has 3 aromatic rings. The lowest BCUT2D eigenvalue weighted by Gasteiger charge is -2.37. The van der Waals surface area contributed by atoms with Crippen LogP contribution in [0.2, 0.25) is 0 Å².